The van der Waals surface area contributed by atoms with Crippen LogP contribution in [0, 0.1) is 0 Å². The molecule has 2 aromatic rings. The normalized spacial score (nSPS) is 10.2. The molecule has 66 valence electrons. The second kappa shape index (κ2) is 3.35. The van der Waals surface area contributed by atoms with Crippen LogP contribution in [0.1, 0.15) is 17.4 Å². The Kier molecular flexibility index (Phi) is 2.20. The number of hydrogen-bond donors (Lipinski definition) is 0. The molecule has 0 radical (unpaired) electrons. The predicted octanol–water partition coefficient (Wildman–Crippen LogP) is 2.47. The topological polar surface area (TPSA) is 42.9 Å². The number of ketones is 1. The van der Waals surface area contributed by atoms with Crippen LogP contribution >= 0.6 is 22.7 Å². The highest BCUT2D eigenvalue weighted by molar-refractivity contribution is 7.19. The molecule has 0 aliphatic heterocycles. The van der Waals surface area contributed by atoms with E-state index in [9.17, 15) is 4.79 Å². The fourth-order valence-corrected chi connectivity index (χ4v) is 2.42. The van der Waals surface area contributed by atoms with Gasteiger partial charge in [-0.2, -0.15) is 0 Å². The third kappa shape index (κ3) is 1.66. The molecule has 3 nitrogen and oxygen atoms in total. The van der Waals surface area contributed by atoms with Crippen molar-refractivity contribution in [3.05, 3.63) is 22.7 Å². The van der Waals surface area contributed by atoms with E-state index in [1.54, 1.807) is 11.6 Å². The molecule has 2 aromatic heterocycles. The first-order chi connectivity index (χ1) is 6.27. The highest BCUT2D eigenvalue weighted by Crippen LogP contribution is 2.25. The monoisotopic (exact) mass is 210 g/mol. The number of rotatable bonds is 2. The number of carbonyl (C=O) groups excluding carboxylic acids is 1. The van der Waals surface area contributed by atoms with Crippen molar-refractivity contribution in [2.75, 3.05) is 0 Å². The summed E-state index contributed by atoms with van der Waals surface area (Å²) in [5.41, 5.74) is 0.523. The van der Waals surface area contributed by atoms with Gasteiger partial charge in [-0.05, 0) is 0 Å². The van der Waals surface area contributed by atoms with Crippen molar-refractivity contribution in [3.8, 4) is 10.0 Å². The average Bonchev–Trinajstić information content (AvgIpc) is 2.75. The van der Waals surface area contributed by atoms with Gasteiger partial charge in [0.2, 0.25) is 0 Å². The lowest BCUT2D eigenvalue weighted by atomic mass is 10.4. The molecule has 0 N–H and O–H groups in total. The predicted molar refractivity (Wildman–Crippen MR) is 53.2 cm³/mol. The highest BCUT2D eigenvalue weighted by Gasteiger charge is 2.08. The van der Waals surface area contributed by atoms with Crippen LogP contribution in [-0.2, 0) is 0 Å². The van der Waals surface area contributed by atoms with E-state index in [4.69, 9.17) is 0 Å². The smallest absolute Gasteiger partial charge is 0.178 e. The minimum absolute atomic E-state index is 0.000874. The van der Waals surface area contributed by atoms with Crippen LogP contribution in [0.2, 0.25) is 0 Å². The molecule has 0 bridgehead atoms. The molecule has 0 aliphatic rings. The largest absolute Gasteiger partial charge is 0.293 e. The van der Waals surface area contributed by atoms with Crippen molar-refractivity contribution in [1.82, 2.24) is 9.97 Å². The second-order valence-electron chi connectivity index (χ2n) is 2.43. The first-order valence-corrected chi connectivity index (χ1v) is 5.39. The molecule has 0 spiro atoms. The summed E-state index contributed by atoms with van der Waals surface area (Å²) in [4.78, 5) is 19.2. The van der Waals surface area contributed by atoms with E-state index in [1.807, 2.05) is 5.38 Å². The average molecular weight is 210 g/mol. The summed E-state index contributed by atoms with van der Waals surface area (Å²) in [6.45, 7) is 1.51. The van der Waals surface area contributed by atoms with E-state index in [0.29, 0.717) is 5.69 Å². The number of hydrogen-bond acceptors (Lipinski definition) is 5. The van der Waals surface area contributed by atoms with Gasteiger partial charge < -0.3 is 0 Å². The molecule has 0 unspecified atom stereocenters. The molecule has 0 aromatic carbocycles. The molecule has 0 amide bonds. The Morgan fingerprint density at radius 2 is 2.23 bits per heavy atom. The van der Waals surface area contributed by atoms with E-state index in [-0.39, 0.29) is 5.78 Å². The second-order valence-corrected chi connectivity index (χ2v) is 4.18. The van der Waals surface area contributed by atoms with Gasteiger partial charge in [0, 0.05) is 23.9 Å². The van der Waals surface area contributed by atoms with Crippen molar-refractivity contribution in [1.29, 1.82) is 0 Å². The summed E-state index contributed by atoms with van der Waals surface area (Å²) in [6, 6.07) is 0. The SMILES string of the molecule is CC(=O)c1csc(-c2nccs2)n1. The van der Waals surface area contributed by atoms with Crippen molar-refractivity contribution >= 4 is 28.5 Å². The minimum atomic E-state index is -0.000874. The third-order valence-electron chi connectivity index (χ3n) is 1.48. The number of thiazole rings is 2. The fraction of sp³-hybridized carbons (Fsp3) is 0.125. The Bertz CT molecular complexity index is 419. The van der Waals surface area contributed by atoms with Gasteiger partial charge in [-0.25, -0.2) is 9.97 Å². The number of aromatic nitrogens is 2. The Morgan fingerprint density at radius 1 is 1.38 bits per heavy atom. The Morgan fingerprint density at radius 3 is 2.77 bits per heavy atom. The molecular formula is C8H6N2OS2. The van der Waals surface area contributed by atoms with E-state index >= 15 is 0 Å². The Labute approximate surface area is 83.1 Å². The summed E-state index contributed by atoms with van der Waals surface area (Å²) < 4.78 is 0. The first kappa shape index (κ1) is 8.52. The van der Waals surface area contributed by atoms with Crippen LogP contribution < -0.4 is 0 Å². The molecule has 0 atom stereocenters. The van der Waals surface area contributed by atoms with Crippen molar-refractivity contribution in [2.24, 2.45) is 0 Å². The zero-order valence-electron chi connectivity index (χ0n) is 6.85. The van der Waals surface area contributed by atoms with E-state index in [0.717, 1.165) is 10.0 Å². The first-order valence-electron chi connectivity index (χ1n) is 3.63. The van der Waals surface area contributed by atoms with Crippen LogP contribution in [0.4, 0.5) is 0 Å². The van der Waals surface area contributed by atoms with Gasteiger partial charge >= 0.3 is 0 Å². The van der Waals surface area contributed by atoms with Crippen LogP contribution in [0.3, 0.4) is 0 Å². The maximum absolute atomic E-state index is 11.0. The quantitative estimate of drug-likeness (QED) is 0.715. The van der Waals surface area contributed by atoms with Gasteiger partial charge in [-0.15, -0.1) is 22.7 Å². The number of Topliss-reactive ketones (excluding diaryl/α,β-unsaturated/α-hetero) is 1. The summed E-state index contributed by atoms with van der Waals surface area (Å²) in [7, 11) is 0. The summed E-state index contributed by atoms with van der Waals surface area (Å²) in [5, 5.41) is 5.35. The zero-order chi connectivity index (χ0) is 9.26. The molecule has 0 aliphatic carbocycles. The van der Waals surface area contributed by atoms with Gasteiger partial charge in [0.25, 0.3) is 0 Å². The molecule has 13 heavy (non-hydrogen) atoms. The molecule has 0 saturated carbocycles. The maximum atomic E-state index is 11.0. The van der Waals surface area contributed by atoms with Gasteiger partial charge in [-0.1, -0.05) is 0 Å². The molecule has 2 rings (SSSR count). The van der Waals surface area contributed by atoms with Crippen LogP contribution in [0.25, 0.3) is 10.0 Å². The summed E-state index contributed by atoms with van der Waals surface area (Å²) in [6.07, 6.45) is 1.73. The molecule has 2 heterocycles. The van der Waals surface area contributed by atoms with Crippen LogP contribution in [0.5, 0.6) is 0 Å². The van der Waals surface area contributed by atoms with Gasteiger partial charge in [-0.3, -0.25) is 4.79 Å². The van der Waals surface area contributed by atoms with E-state index < -0.39 is 0 Å². The number of nitrogens with zero attached hydrogens (tertiary/aromatic N) is 2. The van der Waals surface area contributed by atoms with E-state index in [2.05, 4.69) is 9.97 Å². The maximum Gasteiger partial charge on any atom is 0.178 e. The molecule has 0 fully saturated rings. The third-order valence-corrected chi connectivity index (χ3v) is 3.24. The zero-order valence-corrected chi connectivity index (χ0v) is 8.48. The highest BCUT2D eigenvalue weighted by atomic mass is 32.1. The Hall–Kier alpha value is -1.07. The molecule has 5 heteroatoms. The van der Waals surface area contributed by atoms with Crippen molar-refractivity contribution in [2.45, 2.75) is 6.92 Å². The van der Waals surface area contributed by atoms with Gasteiger partial charge in [0.15, 0.2) is 15.8 Å². The fourth-order valence-electron chi connectivity index (χ4n) is 0.863. The minimum Gasteiger partial charge on any atom is -0.293 e. The van der Waals surface area contributed by atoms with Crippen molar-refractivity contribution < 1.29 is 4.79 Å². The lowest BCUT2D eigenvalue weighted by Crippen LogP contribution is -1.90. The van der Waals surface area contributed by atoms with Crippen LogP contribution in [0.15, 0.2) is 17.0 Å². The van der Waals surface area contributed by atoms with Gasteiger partial charge in [0.1, 0.15) is 5.69 Å². The van der Waals surface area contributed by atoms with E-state index in [1.165, 1.54) is 29.6 Å². The summed E-state index contributed by atoms with van der Waals surface area (Å²) >= 11 is 2.98. The van der Waals surface area contributed by atoms with Gasteiger partial charge in [0.05, 0.1) is 0 Å². The molecule has 0 saturated heterocycles. The lowest BCUT2D eigenvalue weighted by molar-refractivity contribution is 0.101. The lowest BCUT2D eigenvalue weighted by Gasteiger charge is -1.85. The van der Waals surface area contributed by atoms with Crippen molar-refractivity contribution in [3.63, 3.8) is 0 Å². The number of carbonyl (C=O) groups is 1. The standard InChI is InChI=1S/C8H6N2OS2/c1-5(11)6-4-13-8(10-6)7-9-2-3-12-7/h2-4H,1H3. The molecular weight excluding hydrogens is 204 g/mol. The summed E-state index contributed by atoms with van der Waals surface area (Å²) in [5.74, 6) is -0.000874. The van der Waals surface area contributed by atoms with Crippen LogP contribution in [-0.4, -0.2) is 15.8 Å². The Balaban J connectivity index is 2.39.